The van der Waals surface area contributed by atoms with Gasteiger partial charge in [-0.25, -0.2) is 0 Å². The molecule has 1 amide bonds. The minimum absolute atomic E-state index is 0.105. The Kier molecular flexibility index (Phi) is 5.52. The van der Waals surface area contributed by atoms with Crippen LogP contribution in [-0.2, 0) is 4.79 Å². The second kappa shape index (κ2) is 7.58. The van der Waals surface area contributed by atoms with E-state index in [1.807, 2.05) is 0 Å². The second-order valence-corrected chi connectivity index (χ2v) is 5.37. The summed E-state index contributed by atoms with van der Waals surface area (Å²) in [5.74, 6) is -1.27. The van der Waals surface area contributed by atoms with Crippen LogP contribution < -0.4 is 5.32 Å². The Morgan fingerprint density at radius 1 is 1.26 bits per heavy atom. The Labute approximate surface area is 134 Å². The van der Waals surface area contributed by atoms with Crippen molar-refractivity contribution >= 4 is 40.3 Å². The molecule has 1 heterocycles. The molecule has 0 saturated heterocycles. The predicted octanol–water partition coefficient (Wildman–Crippen LogP) is 1.97. The maximum absolute atomic E-state index is 12.1. The monoisotopic (exact) mass is 338 g/mol. The van der Waals surface area contributed by atoms with Gasteiger partial charge in [-0.3, -0.25) is 19.7 Å². The number of hydrogen-bond acceptors (Lipinski definition) is 7. The van der Waals surface area contributed by atoms with Gasteiger partial charge >= 0.3 is 5.97 Å². The molecule has 2 N–H and O–H groups in total. The molecule has 0 aliphatic carbocycles. The maximum Gasteiger partial charge on any atom is 0.303 e. The largest absolute Gasteiger partial charge is 0.481 e. The number of aromatic nitrogens is 2. The third-order valence-corrected chi connectivity index (χ3v) is 3.70. The van der Waals surface area contributed by atoms with Gasteiger partial charge in [0.15, 0.2) is 5.52 Å². The topological polar surface area (TPSA) is 135 Å². The van der Waals surface area contributed by atoms with Crippen LogP contribution in [0.25, 0.3) is 11.0 Å². The number of carbonyl (C=O) groups excluding carboxylic acids is 1. The van der Waals surface area contributed by atoms with E-state index in [0.717, 1.165) is 11.7 Å². The van der Waals surface area contributed by atoms with Crippen molar-refractivity contribution in [1.29, 1.82) is 0 Å². The van der Waals surface area contributed by atoms with Crippen LogP contribution in [0.5, 0.6) is 0 Å². The normalized spacial score (nSPS) is 10.6. The summed E-state index contributed by atoms with van der Waals surface area (Å²) in [6.45, 7) is 0.375. The molecule has 0 spiro atoms. The van der Waals surface area contributed by atoms with Gasteiger partial charge < -0.3 is 10.4 Å². The molecule has 0 unspecified atom stereocenters. The summed E-state index contributed by atoms with van der Waals surface area (Å²) < 4.78 is 7.79. The zero-order chi connectivity index (χ0) is 16.8. The average molecular weight is 338 g/mol. The van der Waals surface area contributed by atoms with E-state index in [-0.39, 0.29) is 23.2 Å². The molecule has 10 heteroatoms. The standard InChI is InChI=1S/C13H14N4O5S/c18-11(19)4-2-1-3-5-14-13(20)8-6-9-12(16-23-15-9)10(7-8)17(21)22/h6-7H,1-5H2,(H,14,20)(H,18,19). The highest BCUT2D eigenvalue weighted by molar-refractivity contribution is 7.00. The molecular formula is C13H14N4O5S. The summed E-state index contributed by atoms with van der Waals surface area (Å²) in [5, 5.41) is 22.2. The fraction of sp³-hybridized carbons (Fsp3) is 0.385. The summed E-state index contributed by atoms with van der Waals surface area (Å²) in [5.41, 5.74) is 0.395. The number of carbonyl (C=O) groups is 2. The Hall–Kier alpha value is -2.62. The maximum atomic E-state index is 12.1. The van der Waals surface area contributed by atoms with Gasteiger partial charge in [-0.1, -0.05) is 6.42 Å². The van der Waals surface area contributed by atoms with Gasteiger partial charge in [-0.05, 0) is 18.9 Å². The van der Waals surface area contributed by atoms with Gasteiger partial charge in [0.25, 0.3) is 11.6 Å². The smallest absolute Gasteiger partial charge is 0.303 e. The van der Waals surface area contributed by atoms with E-state index in [1.54, 1.807) is 0 Å². The number of amides is 1. The minimum atomic E-state index is -0.841. The first-order valence-electron chi connectivity index (χ1n) is 6.89. The highest BCUT2D eigenvalue weighted by atomic mass is 32.1. The molecule has 23 heavy (non-hydrogen) atoms. The lowest BCUT2D eigenvalue weighted by Gasteiger charge is -2.05. The number of benzene rings is 1. The summed E-state index contributed by atoms with van der Waals surface area (Å²) >= 11 is 0.850. The molecular weight excluding hydrogens is 324 g/mol. The molecule has 122 valence electrons. The van der Waals surface area contributed by atoms with Crippen molar-refractivity contribution in [2.45, 2.75) is 25.7 Å². The molecule has 0 aliphatic rings. The number of fused-ring (bicyclic) bond motifs is 1. The third-order valence-electron chi connectivity index (χ3n) is 3.15. The van der Waals surface area contributed by atoms with E-state index in [9.17, 15) is 19.7 Å². The van der Waals surface area contributed by atoms with Crippen molar-refractivity contribution in [3.63, 3.8) is 0 Å². The SMILES string of the molecule is O=C(O)CCCCCNC(=O)c1cc([N+](=O)[O-])c2nsnc2c1. The number of carboxylic acids is 1. The number of aliphatic carboxylic acids is 1. The van der Waals surface area contributed by atoms with Gasteiger partial charge in [0.05, 0.1) is 16.7 Å². The van der Waals surface area contributed by atoms with E-state index in [1.165, 1.54) is 12.1 Å². The van der Waals surface area contributed by atoms with Gasteiger partial charge in [0, 0.05) is 24.6 Å². The number of nitro benzene ring substituents is 1. The van der Waals surface area contributed by atoms with E-state index in [4.69, 9.17) is 5.11 Å². The molecule has 0 saturated carbocycles. The van der Waals surface area contributed by atoms with Crippen molar-refractivity contribution in [2.75, 3.05) is 6.54 Å². The summed E-state index contributed by atoms with van der Waals surface area (Å²) in [6.07, 6.45) is 1.98. The number of nitrogens with zero attached hydrogens (tertiary/aromatic N) is 3. The Morgan fingerprint density at radius 3 is 2.74 bits per heavy atom. The fourth-order valence-corrected chi connectivity index (χ4v) is 2.56. The molecule has 0 fully saturated rings. The van der Waals surface area contributed by atoms with E-state index >= 15 is 0 Å². The fourth-order valence-electron chi connectivity index (χ4n) is 2.02. The number of non-ortho nitro benzene ring substituents is 1. The van der Waals surface area contributed by atoms with E-state index in [0.29, 0.717) is 31.3 Å². The predicted molar refractivity (Wildman–Crippen MR) is 82.5 cm³/mol. The van der Waals surface area contributed by atoms with Crippen LogP contribution in [0.15, 0.2) is 12.1 Å². The second-order valence-electron chi connectivity index (χ2n) is 4.84. The number of unbranched alkanes of at least 4 members (excludes halogenated alkanes) is 2. The van der Waals surface area contributed by atoms with Crippen LogP contribution in [0.4, 0.5) is 5.69 Å². The van der Waals surface area contributed by atoms with Crippen LogP contribution in [-0.4, -0.2) is 37.2 Å². The number of nitro groups is 1. The van der Waals surface area contributed by atoms with Gasteiger partial charge in [-0.15, -0.1) is 0 Å². The molecule has 0 aliphatic heterocycles. The quantitative estimate of drug-likeness (QED) is 0.426. The lowest BCUT2D eigenvalue weighted by atomic mass is 10.1. The Morgan fingerprint density at radius 2 is 2.04 bits per heavy atom. The van der Waals surface area contributed by atoms with Gasteiger partial charge in [-0.2, -0.15) is 8.75 Å². The molecule has 2 aromatic rings. The Bertz CT molecular complexity index is 745. The van der Waals surface area contributed by atoms with Gasteiger partial charge in [0.1, 0.15) is 5.52 Å². The summed E-state index contributed by atoms with van der Waals surface area (Å²) in [4.78, 5) is 32.9. The first-order valence-corrected chi connectivity index (χ1v) is 7.63. The molecule has 0 atom stereocenters. The van der Waals surface area contributed by atoms with E-state index in [2.05, 4.69) is 14.1 Å². The number of carboxylic acid groups (broad SMARTS) is 1. The highest BCUT2D eigenvalue weighted by Gasteiger charge is 2.19. The molecule has 0 radical (unpaired) electrons. The molecule has 9 nitrogen and oxygen atoms in total. The first kappa shape index (κ1) is 16.7. The zero-order valence-electron chi connectivity index (χ0n) is 12.0. The van der Waals surface area contributed by atoms with Crippen LogP contribution in [0.1, 0.15) is 36.0 Å². The first-order chi connectivity index (χ1) is 11.0. The van der Waals surface area contributed by atoms with Crippen LogP contribution >= 0.6 is 11.7 Å². The Balaban J connectivity index is 1.95. The van der Waals surface area contributed by atoms with E-state index < -0.39 is 16.8 Å². The zero-order valence-corrected chi connectivity index (χ0v) is 12.8. The van der Waals surface area contributed by atoms with Crippen molar-refractivity contribution in [2.24, 2.45) is 0 Å². The highest BCUT2D eigenvalue weighted by Crippen LogP contribution is 2.25. The molecule has 0 bridgehead atoms. The summed E-state index contributed by atoms with van der Waals surface area (Å²) in [7, 11) is 0. The number of hydrogen-bond donors (Lipinski definition) is 2. The molecule has 2 rings (SSSR count). The molecule has 1 aromatic carbocycles. The number of rotatable bonds is 8. The lowest BCUT2D eigenvalue weighted by molar-refractivity contribution is -0.383. The number of nitrogens with one attached hydrogen (secondary N) is 1. The van der Waals surface area contributed by atoms with Crippen molar-refractivity contribution in [3.05, 3.63) is 27.8 Å². The van der Waals surface area contributed by atoms with Crippen LogP contribution in [0.3, 0.4) is 0 Å². The minimum Gasteiger partial charge on any atom is -0.481 e. The van der Waals surface area contributed by atoms with Crippen LogP contribution in [0, 0.1) is 10.1 Å². The lowest BCUT2D eigenvalue weighted by Crippen LogP contribution is -2.24. The third kappa shape index (κ3) is 4.42. The summed E-state index contributed by atoms with van der Waals surface area (Å²) in [6, 6.07) is 2.65. The molecule has 1 aromatic heterocycles. The van der Waals surface area contributed by atoms with Crippen LogP contribution in [0.2, 0.25) is 0 Å². The average Bonchev–Trinajstić information content (AvgIpc) is 2.97. The van der Waals surface area contributed by atoms with Crippen molar-refractivity contribution < 1.29 is 19.6 Å². The van der Waals surface area contributed by atoms with Crippen molar-refractivity contribution in [3.8, 4) is 0 Å². The van der Waals surface area contributed by atoms with Gasteiger partial charge in [0.2, 0.25) is 0 Å². The van der Waals surface area contributed by atoms with Crippen molar-refractivity contribution in [1.82, 2.24) is 14.1 Å².